The van der Waals surface area contributed by atoms with Crippen LogP contribution in [0.4, 0.5) is 0 Å². The van der Waals surface area contributed by atoms with Gasteiger partial charge in [-0.3, -0.25) is 0 Å². The Hall–Kier alpha value is -0.510. The largest absolute Gasteiger partial charge is 0.352 e. The van der Waals surface area contributed by atoms with Crippen LogP contribution in [0.1, 0.15) is 50.9 Å². The second-order valence-corrected chi connectivity index (χ2v) is 6.93. The van der Waals surface area contributed by atoms with Crippen LogP contribution in [0.15, 0.2) is 29.2 Å². The maximum absolute atomic E-state index is 5.27. The topological polar surface area (TPSA) is 18.5 Å². The molecule has 0 amide bonds. The van der Waals surface area contributed by atoms with Crippen LogP contribution in [-0.4, -0.2) is 19.5 Å². The molecule has 112 valence electrons. The van der Waals surface area contributed by atoms with E-state index in [-0.39, 0.29) is 6.29 Å². The quantitative estimate of drug-likeness (QED) is 0.685. The Bertz CT molecular complexity index is 386. The molecule has 2 nitrogen and oxygen atoms in total. The van der Waals surface area contributed by atoms with Crippen LogP contribution < -0.4 is 0 Å². The summed E-state index contributed by atoms with van der Waals surface area (Å²) in [6.45, 7) is 2.32. The van der Waals surface area contributed by atoms with Crippen molar-refractivity contribution in [2.45, 2.75) is 55.5 Å². The van der Waals surface area contributed by atoms with Crippen molar-refractivity contribution in [3.63, 3.8) is 0 Å². The Balaban J connectivity index is 1.93. The van der Waals surface area contributed by atoms with E-state index in [1.54, 1.807) is 14.2 Å². The first-order valence-electron chi connectivity index (χ1n) is 7.59. The molecule has 2 atom stereocenters. The zero-order valence-electron chi connectivity index (χ0n) is 12.8. The number of methoxy groups -OCH3 is 2. The summed E-state index contributed by atoms with van der Waals surface area (Å²) in [5.74, 6) is 0.937. The lowest BCUT2D eigenvalue weighted by Crippen LogP contribution is -2.16. The lowest BCUT2D eigenvalue weighted by Gasteiger charge is -2.28. The van der Waals surface area contributed by atoms with Crippen molar-refractivity contribution in [2.24, 2.45) is 5.92 Å². The zero-order valence-corrected chi connectivity index (χ0v) is 13.6. The minimum absolute atomic E-state index is 0.256. The molecule has 1 aromatic carbocycles. The molecule has 0 bridgehead atoms. The van der Waals surface area contributed by atoms with Crippen molar-refractivity contribution < 1.29 is 9.47 Å². The molecule has 20 heavy (non-hydrogen) atoms. The molecule has 1 aliphatic rings. The molecule has 1 saturated carbocycles. The van der Waals surface area contributed by atoms with Crippen LogP contribution in [0.3, 0.4) is 0 Å². The summed E-state index contributed by atoms with van der Waals surface area (Å²) in [5, 5.41) is 0.792. The van der Waals surface area contributed by atoms with Gasteiger partial charge in [0.25, 0.3) is 0 Å². The minimum Gasteiger partial charge on any atom is -0.352 e. The van der Waals surface area contributed by atoms with Crippen LogP contribution >= 0.6 is 11.8 Å². The molecule has 1 fully saturated rings. The van der Waals surface area contributed by atoms with Gasteiger partial charge in [0.05, 0.1) is 0 Å². The number of thioether (sulfide) groups is 1. The summed E-state index contributed by atoms with van der Waals surface area (Å²) in [6.07, 6.45) is 6.63. The summed E-state index contributed by atoms with van der Waals surface area (Å²) in [4.78, 5) is 1.36. The van der Waals surface area contributed by atoms with E-state index < -0.39 is 0 Å². The van der Waals surface area contributed by atoms with E-state index in [1.165, 1.54) is 37.0 Å². The monoisotopic (exact) mass is 294 g/mol. The molecular weight excluding hydrogens is 268 g/mol. The van der Waals surface area contributed by atoms with Gasteiger partial charge < -0.3 is 9.47 Å². The molecular formula is C17H26O2S. The van der Waals surface area contributed by atoms with Crippen LogP contribution in [0.2, 0.25) is 0 Å². The normalized spacial score (nSPS) is 23.2. The van der Waals surface area contributed by atoms with Crippen molar-refractivity contribution >= 4 is 11.8 Å². The molecule has 3 heteroatoms. The first-order chi connectivity index (χ1) is 9.76. The van der Waals surface area contributed by atoms with Gasteiger partial charge in [-0.1, -0.05) is 38.3 Å². The van der Waals surface area contributed by atoms with E-state index in [0.29, 0.717) is 0 Å². The lowest BCUT2D eigenvalue weighted by molar-refractivity contribution is -0.106. The number of benzene rings is 1. The molecule has 0 radical (unpaired) electrons. The fraction of sp³-hybridized carbons (Fsp3) is 0.647. The summed E-state index contributed by atoms with van der Waals surface area (Å²) < 4.78 is 10.5. The van der Waals surface area contributed by atoms with Crippen LogP contribution in [0, 0.1) is 5.92 Å². The van der Waals surface area contributed by atoms with Crippen molar-refractivity contribution in [3.05, 3.63) is 29.8 Å². The Morgan fingerprint density at radius 3 is 2.45 bits per heavy atom. The molecule has 2 unspecified atom stereocenters. The predicted molar refractivity (Wildman–Crippen MR) is 85.1 cm³/mol. The smallest absolute Gasteiger partial charge is 0.183 e. The van der Waals surface area contributed by atoms with E-state index in [4.69, 9.17) is 9.47 Å². The number of rotatable bonds is 6. The van der Waals surface area contributed by atoms with E-state index in [9.17, 15) is 0 Å². The van der Waals surface area contributed by atoms with E-state index in [2.05, 4.69) is 31.2 Å². The Morgan fingerprint density at radius 1 is 1.15 bits per heavy atom. The molecule has 0 heterocycles. The Morgan fingerprint density at radius 2 is 1.85 bits per heavy atom. The second-order valence-electron chi connectivity index (χ2n) is 5.55. The van der Waals surface area contributed by atoms with Crippen molar-refractivity contribution in [3.8, 4) is 0 Å². The van der Waals surface area contributed by atoms with Crippen LogP contribution in [0.25, 0.3) is 0 Å². The fourth-order valence-corrected chi connectivity index (χ4v) is 4.31. The number of ether oxygens (including phenoxy) is 2. The third-order valence-electron chi connectivity index (χ3n) is 4.20. The number of hydrogen-bond donors (Lipinski definition) is 0. The van der Waals surface area contributed by atoms with Crippen molar-refractivity contribution in [2.75, 3.05) is 14.2 Å². The van der Waals surface area contributed by atoms with Gasteiger partial charge in [0, 0.05) is 29.9 Å². The highest BCUT2D eigenvalue weighted by atomic mass is 32.2. The SMILES string of the molecule is CCC1CCCC(Sc2ccc(C(OC)OC)cc2)C1. The third kappa shape index (κ3) is 4.24. The van der Waals surface area contributed by atoms with Crippen LogP contribution in [-0.2, 0) is 9.47 Å². The fourth-order valence-electron chi connectivity index (χ4n) is 2.98. The van der Waals surface area contributed by atoms with Gasteiger partial charge in [-0.2, -0.15) is 0 Å². The molecule has 1 aromatic rings. The molecule has 1 aliphatic carbocycles. The van der Waals surface area contributed by atoms with E-state index in [1.807, 2.05) is 11.8 Å². The average molecular weight is 294 g/mol. The summed E-state index contributed by atoms with van der Waals surface area (Å²) in [5.41, 5.74) is 1.08. The van der Waals surface area contributed by atoms with Crippen molar-refractivity contribution in [1.29, 1.82) is 0 Å². The van der Waals surface area contributed by atoms with Gasteiger partial charge in [-0.15, -0.1) is 11.8 Å². The zero-order chi connectivity index (χ0) is 14.4. The molecule has 2 rings (SSSR count). The standard InChI is InChI=1S/C17H26O2S/c1-4-13-6-5-7-16(12-13)20-15-10-8-14(9-11-15)17(18-2)19-3/h8-11,13,16-17H,4-7,12H2,1-3H3. The Labute approximate surface area is 127 Å². The predicted octanol–water partition coefficient (Wildman–Crippen LogP) is 5.04. The summed E-state index contributed by atoms with van der Waals surface area (Å²) in [6, 6.07) is 8.61. The van der Waals surface area contributed by atoms with Gasteiger partial charge in [-0.05, 0) is 30.9 Å². The van der Waals surface area contributed by atoms with E-state index >= 15 is 0 Å². The van der Waals surface area contributed by atoms with Gasteiger partial charge >= 0.3 is 0 Å². The lowest BCUT2D eigenvalue weighted by atomic mass is 9.87. The summed E-state index contributed by atoms with van der Waals surface area (Å²) in [7, 11) is 3.34. The Kier molecular flexibility index (Phi) is 6.40. The maximum atomic E-state index is 5.27. The minimum atomic E-state index is -0.256. The highest BCUT2D eigenvalue weighted by Crippen LogP contribution is 2.37. The average Bonchev–Trinajstić information content (AvgIpc) is 2.50. The van der Waals surface area contributed by atoms with Gasteiger partial charge in [-0.25, -0.2) is 0 Å². The van der Waals surface area contributed by atoms with E-state index in [0.717, 1.165) is 16.7 Å². The van der Waals surface area contributed by atoms with Gasteiger partial charge in [0.15, 0.2) is 6.29 Å². The molecule has 0 spiro atoms. The third-order valence-corrected chi connectivity index (χ3v) is 5.50. The van der Waals surface area contributed by atoms with Gasteiger partial charge in [0.1, 0.15) is 0 Å². The second kappa shape index (κ2) is 8.06. The van der Waals surface area contributed by atoms with Gasteiger partial charge in [0.2, 0.25) is 0 Å². The molecule has 0 saturated heterocycles. The molecule has 0 aliphatic heterocycles. The number of hydrogen-bond acceptors (Lipinski definition) is 3. The highest BCUT2D eigenvalue weighted by Gasteiger charge is 2.21. The highest BCUT2D eigenvalue weighted by molar-refractivity contribution is 8.00. The first-order valence-corrected chi connectivity index (χ1v) is 8.47. The molecule has 0 N–H and O–H groups in total. The van der Waals surface area contributed by atoms with Crippen LogP contribution in [0.5, 0.6) is 0 Å². The maximum Gasteiger partial charge on any atom is 0.183 e. The molecule has 0 aromatic heterocycles. The van der Waals surface area contributed by atoms with Crippen molar-refractivity contribution in [1.82, 2.24) is 0 Å². The first kappa shape index (κ1) is 15.9. The summed E-state index contributed by atoms with van der Waals surface area (Å²) >= 11 is 2.04.